The minimum Gasteiger partial charge on any atom is -0.440 e. The first-order chi connectivity index (χ1) is 14.4. The van der Waals surface area contributed by atoms with Crippen molar-refractivity contribution in [3.8, 4) is 11.8 Å². The van der Waals surface area contributed by atoms with Gasteiger partial charge in [-0.1, -0.05) is 35.3 Å². The van der Waals surface area contributed by atoms with Crippen LogP contribution >= 0.6 is 23.2 Å². The number of nitriles is 1. The van der Waals surface area contributed by atoms with E-state index in [1.807, 2.05) is 19.1 Å². The lowest BCUT2D eigenvalue weighted by Gasteiger charge is -2.28. The summed E-state index contributed by atoms with van der Waals surface area (Å²) in [6, 6.07) is 12.4. The van der Waals surface area contributed by atoms with Crippen LogP contribution in [0.1, 0.15) is 28.3 Å². The molecule has 30 heavy (non-hydrogen) atoms. The molecule has 3 aromatic rings. The molecule has 6 nitrogen and oxygen atoms in total. The van der Waals surface area contributed by atoms with Crippen LogP contribution in [0.15, 0.2) is 65.0 Å². The van der Waals surface area contributed by atoms with Crippen LogP contribution in [0.5, 0.6) is 5.75 Å². The molecule has 1 atom stereocenters. The normalized spacial score (nSPS) is 15.3. The van der Waals surface area contributed by atoms with Gasteiger partial charge in [-0.05, 0) is 36.2 Å². The van der Waals surface area contributed by atoms with Gasteiger partial charge in [0.1, 0.15) is 17.4 Å². The molecule has 0 saturated carbocycles. The van der Waals surface area contributed by atoms with Gasteiger partial charge in [0, 0.05) is 34.2 Å². The maximum absolute atomic E-state index is 13.6. The predicted octanol–water partition coefficient (Wildman–Crippen LogP) is 4.13. The van der Waals surface area contributed by atoms with E-state index >= 15 is 0 Å². The summed E-state index contributed by atoms with van der Waals surface area (Å²) in [5.74, 6) is -0.506. The summed E-state index contributed by atoms with van der Waals surface area (Å²) < 4.78 is 7.28. The smallest absolute Gasteiger partial charge is 0.259 e. The average Bonchev–Trinajstić information content (AvgIpc) is 2.71. The number of hydrogen-bond acceptors (Lipinski definition) is 5. The topological polar surface area (TPSA) is 93.9 Å². The number of ether oxygens (including phenoxy) is 1. The van der Waals surface area contributed by atoms with Crippen molar-refractivity contribution in [1.82, 2.24) is 9.55 Å². The Kier molecular flexibility index (Phi) is 5.25. The number of nitrogens with two attached hydrogens (primary N) is 1. The molecule has 0 unspecified atom stereocenters. The molecule has 2 N–H and O–H groups in total. The molecule has 2 aromatic heterocycles. The predicted molar refractivity (Wildman–Crippen MR) is 115 cm³/mol. The first kappa shape index (κ1) is 20.0. The zero-order valence-electron chi connectivity index (χ0n) is 15.9. The summed E-state index contributed by atoms with van der Waals surface area (Å²) in [7, 11) is 0. The van der Waals surface area contributed by atoms with Gasteiger partial charge in [0.15, 0.2) is 0 Å². The SMILES string of the molecule is Cc1cc2c(c(=O)n1Cc1cccnc1)[C@@H](c1ccc(Cl)cc1Cl)C(C#N)=C(N)O2. The maximum atomic E-state index is 13.6. The third-order valence-corrected chi connectivity index (χ3v) is 5.59. The fraction of sp³-hybridized carbons (Fsp3) is 0.136. The Balaban J connectivity index is 1.96. The lowest BCUT2D eigenvalue weighted by molar-refractivity contribution is 0.389. The summed E-state index contributed by atoms with van der Waals surface area (Å²) in [6.07, 6.45) is 3.37. The van der Waals surface area contributed by atoms with Crippen molar-refractivity contribution < 1.29 is 4.74 Å². The van der Waals surface area contributed by atoms with Gasteiger partial charge in [0.2, 0.25) is 5.88 Å². The number of hydrogen-bond donors (Lipinski definition) is 1. The summed E-state index contributed by atoms with van der Waals surface area (Å²) in [6.45, 7) is 2.14. The van der Waals surface area contributed by atoms with E-state index in [4.69, 9.17) is 33.7 Å². The highest BCUT2D eigenvalue weighted by molar-refractivity contribution is 6.35. The van der Waals surface area contributed by atoms with Gasteiger partial charge in [-0.15, -0.1) is 0 Å². The number of rotatable bonds is 3. The van der Waals surface area contributed by atoms with Gasteiger partial charge in [0.05, 0.1) is 18.0 Å². The van der Waals surface area contributed by atoms with Crippen LogP contribution in [-0.2, 0) is 6.54 Å². The number of pyridine rings is 2. The Hall–Kier alpha value is -3.27. The minimum absolute atomic E-state index is 0.0511. The fourth-order valence-electron chi connectivity index (χ4n) is 3.60. The zero-order chi connectivity index (χ0) is 21.4. The quantitative estimate of drug-likeness (QED) is 0.663. The Bertz CT molecular complexity index is 1280. The molecule has 0 aliphatic carbocycles. The second-order valence-electron chi connectivity index (χ2n) is 6.91. The van der Waals surface area contributed by atoms with Gasteiger partial charge in [-0.2, -0.15) is 5.26 Å². The monoisotopic (exact) mass is 438 g/mol. The van der Waals surface area contributed by atoms with E-state index in [9.17, 15) is 10.1 Å². The largest absolute Gasteiger partial charge is 0.440 e. The molecule has 150 valence electrons. The van der Waals surface area contributed by atoms with Gasteiger partial charge in [-0.3, -0.25) is 9.78 Å². The van der Waals surface area contributed by atoms with E-state index < -0.39 is 5.92 Å². The second kappa shape index (κ2) is 7.86. The Labute approximate surface area is 182 Å². The summed E-state index contributed by atoms with van der Waals surface area (Å²) in [5.41, 5.74) is 8.28. The van der Waals surface area contributed by atoms with E-state index in [2.05, 4.69) is 11.1 Å². The Morgan fingerprint density at radius 3 is 2.77 bits per heavy atom. The van der Waals surface area contributed by atoms with E-state index in [-0.39, 0.29) is 17.0 Å². The van der Waals surface area contributed by atoms with Crippen molar-refractivity contribution in [3.05, 3.63) is 103 Å². The molecule has 0 amide bonds. The molecule has 4 rings (SSSR count). The van der Waals surface area contributed by atoms with E-state index in [0.717, 1.165) is 5.56 Å². The third-order valence-electron chi connectivity index (χ3n) is 5.03. The maximum Gasteiger partial charge on any atom is 0.259 e. The van der Waals surface area contributed by atoms with Crippen LogP contribution in [-0.4, -0.2) is 9.55 Å². The summed E-state index contributed by atoms with van der Waals surface area (Å²) in [4.78, 5) is 17.7. The number of aromatic nitrogens is 2. The Morgan fingerprint density at radius 1 is 1.30 bits per heavy atom. The van der Waals surface area contributed by atoms with Gasteiger partial charge < -0.3 is 15.0 Å². The minimum atomic E-state index is -0.767. The average molecular weight is 439 g/mol. The Morgan fingerprint density at radius 2 is 2.10 bits per heavy atom. The molecule has 0 spiro atoms. The van der Waals surface area contributed by atoms with Crippen LogP contribution in [0.4, 0.5) is 0 Å². The highest BCUT2D eigenvalue weighted by Crippen LogP contribution is 2.43. The molecule has 0 radical (unpaired) electrons. The first-order valence-corrected chi connectivity index (χ1v) is 9.82. The molecule has 1 aliphatic rings. The van der Waals surface area contributed by atoms with Crippen LogP contribution < -0.4 is 16.0 Å². The van der Waals surface area contributed by atoms with Crippen molar-refractivity contribution in [1.29, 1.82) is 5.26 Å². The molecule has 1 aliphatic heterocycles. The summed E-state index contributed by atoms with van der Waals surface area (Å²) >= 11 is 12.5. The lowest BCUT2D eigenvalue weighted by atomic mass is 9.84. The molecule has 0 fully saturated rings. The molecule has 1 aromatic carbocycles. The van der Waals surface area contributed by atoms with Crippen molar-refractivity contribution in [2.75, 3.05) is 0 Å². The van der Waals surface area contributed by atoms with Crippen molar-refractivity contribution in [3.63, 3.8) is 0 Å². The van der Waals surface area contributed by atoms with E-state index in [1.165, 1.54) is 0 Å². The second-order valence-corrected chi connectivity index (χ2v) is 7.75. The highest BCUT2D eigenvalue weighted by atomic mass is 35.5. The van der Waals surface area contributed by atoms with Gasteiger partial charge >= 0.3 is 0 Å². The number of aryl methyl sites for hydroxylation is 1. The zero-order valence-corrected chi connectivity index (χ0v) is 17.4. The van der Waals surface area contributed by atoms with E-state index in [0.29, 0.717) is 39.2 Å². The molecule has 8 heteroatoms. The molecule has 0 bridgehead atoms. The molecule has 0 saturated heterocycles. The molecular weight excluding hydrogens is 423 g/mol. The van der Waals surface area contributed by atoms with Crippen LogP contribution in [0, 0.1) is 18.3 Å². The highest BCUT2D eigenvalue weighted by Gasteiger charge is 2.35. The van der Waals surface area contributed by atoms with Gasteiger partial charge in [0.25, 0.3) is 5.56 Å². The van der Waals surface area contributed by atoms with Crippen LogP contribution in [0.2, 0.25) is 10.0 Å². The number of benzene rings is 1. The van der Waals surface area contributed by atoms with Gasteiger partial charge in [-0.25, -0.2) is 0 Å². The summed E-state index contributed by atoms with van der Waals surface area (Å²) in [5, 5.41) is 10.5. The lowest BCUT2D eigenvalue weighted by Crippen LogP contribution is -2.33. The number of fused-ring (bicyclic) bond motifs is 1. The molecular formula is C22H16Cl2N4O2. The number of nitrogens with zero attached hydrogens (tertiary/aromatic N) is 3. The van der Waals surface area contributed by atoms with Crippen LogP contribution in [0.3, 0.4) is 0 Å². The first-order valence-electron chi connectivity index (χ1n) is 9.06. The van der Waals surface area contributed by atoms with E-state index in [1.54, 1.807) is 41.2 Å². The number of allylic oxidation sites excluding steroid dienone is 1. The van der Waals surface area contributed by atoms with Crippen molar-refractivity contribution >= 4 is 23.2 Å². The fourth-order valence-corrected chi connectivity index (χ4v) is 4.12. The van der Waals surface area contributed by atoms with Crippen molar-refractivity contribution in [2.24, 2.45) is 5.73 Å². The third kappa shape index (κ3) is 3.43. The van der Waals surface area contributed by atoms with Crippen LogP contribution in [0.25, 0.3) is 0 Å². The standard InChI is InChI=1S/C22H16Cl2N4O2/c1-12-7-18-20(22(29)28(12)11-13-3-2-6-27-10-13)19(16(9-25)21(26)30-18)15-5-4-14(23)8-17(15)24/h2-8,10,19H,11,26H2,1H3/t19-/m0/s1. The van der Waals surface area contributed by atoms with Crippen molar-refractivity contribution in [2.45, 2.75) is 19.4 Å². The number of halogens is 2. The molecule has 3 heterocycles.